The molecule has 2 aromatic carbocycles. The molecule has 0 spiro atoms. The van der Waals surface area contributed by atoms with Crippen LogP contribution in [0.5, 0.6) is 0 Å². The summed E-state index contributed by atoms with van der Waals surface area (Å²) >= 11 is 0. The maximum absolute atomic E-state index is 4.45. The van der Waals surface area contributed by atoms with E-state index >= 15 is 0 Å². The third kappa shape index (κ3) is 1.74. The van der Waals surface area contributed by atoms with Crippen LogP contribution in [0.2, 0.25) is 0 Å². The Morgan fingerprint density at radius 1 is 0.750 bits per heavy atom. The second kappa shape index (κ2) is 4.75. The van der Waals surface area contributed by atoms with Gasteiger partial charge in [-0.3, -0.25) is 9.38 Å². The SMILES string of the molecule is N.c1ccc(-c2cnc3cnc4ccccc4n23)cc1. The van der Waals surface area contributed by atoms with Gasteiger partial charge in [-0.05, 0) is 12.1 Å². The molecule has 4 aromatic rings. The van der Waals surface area contributed by atoms with E-state index in [1.807, 2.05) is 48.8 Å². The van der Waals surface area contributed by atoms with Gasteiger partial charge in [0.25, 0.3) is 0 Å². The highest BCUT2D eigenvalue weighted by atomic mass is 15.0. The first-order chi connectivity index (χ1) is 9.43. The molecule has 2 aromatic heterocycles. The van der Waals surface area contributed by atoms with Crippen molar-refractivity contribution in [3.63, 3.8) is 0 Å². The molecule has 0 saturated carbocycles. The fourth-order valence-electron chi connectivity index (χ4n) is 2.41. The average Bonchev–Trinajstić information content (AvgIpc) is 2.92. The minimum atomic E-state index is 0. The standard InChI is InChI=1S/C16H11N3.H3N/c1-2-6-12(7-3-1)15-10-18-16-11-17-13-8-4-5-9-14(13)19(15)16;/h1-11H;1H3. The highest BCUT2D eigenvalue weighted by Crippen LogP contribution is 2.24. The number of hydrogen-bond acceptors (Lipinski definition) is 3. The second-order valence-corrected chi connectivity index (χ2v) is 4.45. The van der Waals surface area contributed by atoms with Gasteiger partial charge in [0.05, 0.1) is 29.1 Å². The number of benzene rings is 2. The molecule has 0 aliphatic heterocycles. The lowest BCUT2D eigenvalue weighted by Gasteiger charge is -2.05. The molecule has 0 aliphatic rings. The Labute approximate surface area is 116 Å². The van der Waals surface area contributed by atoms with Crippen LogP contribution < -0.4 is 6.15 Å². The van der Waals surface area contributed by atoms with Gasteiger partial charge in [0.15, 0.2) is 5.65 Å². The normalized spacial score (nSPS) is 10.6. The number of rotatable bonds is 1. The van der Waals surface area contributed by atoms with Gasteiger partial charge in [-0.15, -0.1) is 0 Å². The number of aromatic nitrogens is 3. The third-order valence-corrected chi connectivity index (χ3v) is 3.30. The molecule has 0 fully saturated rings. The zero-order chi connectivity index (χ0) is 12.7. The van der Waals surface area contributed by atoms with Crippen LogP contribution in [-0.2, 0) is 0 Å². The molecule has 2 heterocycles. The monoisotopic (exact) mass is 262 g/mol. The largest absolute Gasteiger partial charge is 0.344 e. The van der Waals surface area contributed by atoms with E-state index in [9.17, 15) is 0 Å². The first-order valence-electron chi connectivity index (χ1n) is 6.20. The molecule has 0 aliphatic carbocycles. The van der Waals surface area contributed by atoms with E-state index in [4.69, 9.17) is 0 Å². The molecular formula is C16H14N4. The van der Waals surface area contributed by atoms with Crippen molar-refractivity contribution in [1.82, 2.24) is 20.5 Å². The van der Waals surface area contributed by atoms with Gasteiger partial charge in [0, 0.05) is 5.56 Å². The molecule has 3 N–H and O–H groups in total. The van der Waals surface area contributed by atoms with Crippen molar-refractivity contribution >= 4 is 16.7 Å². The number of fused-ring (bicyclic) bond motifs is 3. The number of hydrogen-bond donors (Lipinski definition) is 1. The van der Waals surface area contributed by atoms with Crippen molar-refractivity contribution in [2.24, 2.45) is 0 Å². The first-order valence-corrected chi connectivity index (χ1v) is 6.20. The van der Waals surface area contributed by atoms with Crippen LogP contribution in [0.15, 0.2) is 67.0 Å². The average molecular weight is 262 g/mol. The quantitative estimate of drug-likeness (QED) is 0.568. The first kappa shape index (κ1) is 12.3. The summed E-state index contributed by atoms with van der Waals surface area (Å²) in [4.78, 5) is 8.88. The van der Waals surface area contributed by atoms with E-state index in [0.29, 0.717) is 0 Å². The van der Waals surface area contributed by atoms with Crippen LogP contribution in [0.1, 0.15) is 0 Å². The molecule has 20 heavy (non-hydrogen) atoms. The van der Waals surface area contributed by atoms with Gasteiger partial charge >= 0.3 is 0 Å². The van der Waals surface area contributed by atoms with Crippen molar-refractivity contribution in [2.45, 2.75) is 0 Å². The lowest BCUT2D eigenvalue weighted by molar-refractivity contribution is 1.21. The van der Waals surface area contributed by atoms with E-state index in [1.54, 1.807) is 0 Å². The molecular weight excluding hydrogens is 248 g/mol. The van der Waals surface area contributed by atoms with Gasteiger partial charge < -0.3 is 6.15 Å². The molecule has 4 rings (SSSR count). The minimum absolute atomic E-state index is 0. The van der Waals surface area contributed by atoms with E-state index in [-0.39, 0.29) is 6.15 Å². The molecule has 0 bridgehead atoms. The molecule has 0 amide bonds. The molecule has 4 nitrogen and oxygen atoms in total. The molecule has 0 saturated heterocycles. The Balaban J connectivity index is 0.00000121. The lowest BCUT2D eigenvalue weighted by Crippen LogP contribution is -1.92. The van der Waals surface area contributed by atoms with Crippen molar-refractivity contribution in [3.05, 3.63) is 67.0 Å². The van der Waals surface area contributed by atoms with Gasteiger partial charge in [0.1, 0.15) is 0 Å². The molecule has 98 valence electrons. The summed E-state index contributed by atoms with van der Waals surface area (Å²) in [5.41, 5.74) is 5.18. The minimum Gasteiger partial charge on any atom is -0.344 e. The summed E-state index contributed by atoms with van der Waals surface area (Å²) in [6.07, 6.45) is 3.72. The molecule has 4 heteroatoms. The van der Waals surface area contributed by atoms with Crippen molar-refractivity contribution < 1.29 is 0 Å². The van der Waals surface area contributed by atoms with Gasteiger partial charge in [-0.1, -0.05) is 42.5 Å². The third-order valence-electron chi connectivity index (χ3n) is 3.30. The fraction of sp³-hybridized carbons (Fsp3) is 0. The predicted octanol–water partition coefficient (Wildman–Crippen LogP) is 3.71. The highest BCUT2D eigenvalue weighted by molar-refractivity contribution is 5.80. The Bertz CT molecular complexity index is 865. The summed E-state index contributed by atoms with van der Waals surface area (Å²) in [5.74, 6) is 0. The van der Waals surface area contributed by atoms with Crippen LogP contribution in [0, 0.1) is 0 Å². The van der Waals surface area contributed by atoms with Crippen molar-refractivity contribution in [1.29, 1.82) is 0 Å². The van der Waals surface area contributed by atoms with Crippen LogP contribution in [0.25, 0.3) is 27.9 Å². The molecule has 0 atom stereocenters. The van der Waals surface area contributed by atoms with Crippen LogP contribution >= 0.6 is 0 Å². The van der Waals surface area contributed by atoms with E-state index in [2.05, 4.69) is 32.6 Å². The van der Waals surface area contributed by atoms with E-state index < -0.39 is 0 Å². The van der Waals surface area contributed by atoms with Crippen LogP contribution in [0.3, 0.4) is 0 Å². The molecule has 0 radical (unpaired) electrons. The Kier molecular flexibility index (Phi) is 2.93. The smallest absolute Gasteiger partial charge is 0.156 e. The predicted molar refractivity (Wildman–Crippen MR) is 81.0 cm³/mol. The Morgan fingerprint density at radius 3 is 2.35 bits per heavy atom. The highest BCUT2D eigenvalue weighted by Gasteiger charge is 2.08. The zero-order valence-corrected chi connectivity index (χ0v) is 10.9. The lowest BCUT2D eigenvalue weighted by atomic mass is 10.1. The summed E-state index contributed by atoms with van der Waals surface area (Å²) in [6, 6.07) is 18.4. The zero-order valence-electron chi connectivity index (χ0n) is 10.9. The number of nitrogens with zero attached hydrogens (tertiary/aromatic N) is 3. The van der Waals surface area contributed by atoms with Crippen molar-refractivity contribution in [2.75, 3.05) is 0 Å². The maximum Gasteiger partial charge on any atom is 0.156 e. The molecule has 0 unspecified atom stereocenters. The van der Waals surface area contributed by atoms with Gasteiger partial charge in [0.2, 0.25) is 0 Å². The van der Waals surface area contributed by atoms with Crippen molar-refractivity contribution in [3.8, 4) is 11.3 Å². The summed E-state index contributed by atoms with van der Waals surface area (Å²) in [5, 5.41) is 0. The van der Waals surface area contributed by atoms with Crippen LogP contribution in [0.4, 0.5) is 0 Å². The topological polar surface area (TPSA) is 65.2 Å². The summed E-state index contributed by atoms with van der Waals surface area (Å²) in [7, 11) is 0. The van der Waals surface area contributed by atoms with E-state index in [1.165, 1.54) is 0 Å². The maximum atomic E-state index is 4.45. The van der Waals surface area contributed by atoms with Crippen LogP contribution in [-0.4, -0.2) is 14.4 Å². The van der Waals surface area contributed by atoms with Gasteiger partial charge in [-0.25, -0.2) is 4.98 Å². The second-order valence-electron chi connectivity index (χ2n) is 4.45. The number of imidazole rings is 1. The van der Waals surface area contributed by atoms with E-state index in [0.717, 1.165) is 27.9 Å². The Morgan fingerprint density at radius 2 is 1.50 bits per heavy atom. The summed E-state index contributed by atoms with van der Waals surface area (Å²) < 4.78 is 2.15. The number of para-hydroxylation sites is 2. The fourth-order valence-corrected chi connectivity index (χ4v) is 2.41. The van der Waals surface area contributed by atoms with Gasteiger partial charge in [-0.2, -0.15) is 0 Å². The Hall–Kier alpha value is -2.72. The summed E-state index contributed by atoms with van der Waals surface area (Å²) in [6.45, 7) is 0.